The van der Waals surface area contributed by atoms with Gasteiger partial charge in [0, 0.05) is 5.56 Å². The maximum atomic E-state index is 12.1. The van der Waals surface area contributed by atoms with Gasteiger partial charge in [-0.25, -0.2) is 0 Å². The number of amides is 3. The zero-order chi connectivity index (χ0) is 15.4. The molecule has 2 N–H and O–H groups in total. The molecule has 6 nitrogen and oxygen atoms in total. The maximum absolute atomic E-state index is 12.1. The van der Waals surface area contributed by atoms with Gasteiger partial charge in [-0.15, -0.1) is 0 Å². The smallest absolute Gasteiger partial charge is 0.294 e. The van der Waals surface area contributed by atoms with Crippen LogP contribution < -0.4 is 10.5 Å². The Morgan fingerprint density at radius 2 is 2.10 bits per heavy atom. The van der Waals surface area contributed by atoms with Crippen LogP contribution in [-0.4, -0.2) is 35.1 Å². The van der Waals surface area contributed by atoms with E-state index in [1.54, 1.807) is 18.2 Å². The number of benzene rings is 1. The first-order valence-corrected chi connectivity index (χ1v) is 7.10. The fourth-order valence-corrected chi connectivity index (χ4v) is 2.65. The summed E-state index contributed by atoms with van der Waals surface area (Å²) >= 11 is 0.781. The minimum Gasteiger partial charge on any atom is -0.493 e. The van der Waals surface area contributed by atoms with Crippen molar-refractivity contribution in [3.05, 3.63) is 34.7 Å². The molecule has 3 amide bonds. The van der Waals surface area contributed by atoms with Crippen molar-refractivity contribution >= 4 is 34.9 Å². The Balaban J connectivity index is 2.28. The lowest BCUT2D eigenvalue weighted by Gasteiger charge is -2.09. The summed E-state index contributed by atoms with van der Waals surface area (Å²) in [7, 11) is 0. The van der Waals surface area contributed by atoms with E-state index < -0.39 is 23.6 Å². The van der Waals surface area contributed by atoms with E-state index in [-0.39, 0.29) is 4.91 Å². The lowest BCUT2D eigenvalue weighted by atomic mass is 10.2. The van der Waals surface area contributed by atoms with E-state index in [1.807, 2.05) is 19.1 Å². The second-order valence-corrected chi connectivity index (χ2v) is 5.20. The largest absolute Gasteiger partial charge is 0.493 e. The minimum absolute atomic E-state index is 0.244. The Hall–Kier alpha value is -2.28. The van der Waals surface area contributed by atoms with E-state index in [2.05, 4.69) is 0 Å². The predicted octanol–water partition coefficient (Wildman–Crippen LogP) is 1.61. The summed E-state index contributed by atoms with van der Waals surface area (Å²) in [6.45, 7) is 1.95. The summed E-state index contributed by atoms with van der Waals surface area (Å²) in [6, 6.07) is 7.19. The molecular formula is C14H14N2O4S. The van der Waals surface area contributed by atoms with Crippen LogP contribution in [0.5, 0.6) is 5.75 Å². The van der Waals surface area contributed by atoms with Crippen molar-refractivity contribution in [3.8, 4) is 5.75 Å². The Labute approximate surface area is 125 Å². The maximum Gasteiger partial charge on any atom is 0.294 e. The summed E-state index contributed by atoms with van der Waals surface area (Å²) < 4.78 is 5.46. The van der Waals surface area contributed by atoms with Gasteiger partial charge in [-0.05, 0) is 30.8 Å². The fraction of sp³-hybridized carbons (Fsp3) is 0.214. The molecule has 7 heteroatoms. The average Bonchev–Trinajstić information content (AvgIpc) is 2.69. The van der Waals surface area contributed by atoms with Crippen LogP contribution in [0.1, 0.15) is 12.5 Å². The van der Waals surface area contributed by atoms with Gasteiger partial charge in [0.25, 0.3) is 11.1 Å². The van der Waals surface area contributed by atoms with Gasteiger partial charge >= 0.3 is 0 Å². The SMILES string of the molecule is CCOc1ccccc1/C=C1\SC(=O)N(CC(N)=O)C1=O. The summed E-state index contributed by atoms with van der Waals surface area (Å²) in [5, 5.41) is -0.501. The number of primary amides is 1. The van der Waals surface area contributed by atoms with Gasteiger partial charge in [-0.1, -0.05) is 18.2 Å². The molecule has 1 aromatic rings. The van der Waals surface area contributed by atoms with Gasteiger partial charge in [-0.2, -0.15) is 0 Å². The molecule has 0 spiro atoms. The highest BCUT2D eigenvalue weighted by Crippen LogP contribution is 2.33. The van der Waals surface area contributed by atoms with Crippen LogP contribution in [0.15, 0.2) is 29.2 Å². The van der Waals surface area contributed by atoms with E-state index in [9.17, 15) is 14.4 Å². The van der Waals surface area contributed by atoms with Crippen molar-refractivity contribution in [1.82, 2.24) is 4.90 Å². The number of rotatable bonds is 5. The molecule has 1 aliphatic rings. The van der Waals surface area contributed by atoms with E-state index in [0.29, 0.717) is 17.9 Å². The Kier molecular flexibility index (Phi) is 4.64. The number of nitrogens with zero attached hydrogens (tertiary/aromatic N) is 1. The number of imide groups is 1. The third-order valence-corrected chi connectivity index (χ3v) is 3.60. The highest BCUT2D eigenvalue weighted by molar-refractivity contribution is 8.18. The third-order valence-electron chi connectivity index (χ3n) is 2.69. The van der Waals surface area contributed by atoms with Gasteiger partial charge in [0.1, 0.15) is 12.3 Å². The third kappa shape index (κ3) is 3.43. The van der Waals surface area contributed by atoms with Crippen molar-refractivity contribution < 1.29 is 19.1 Å². The van der Waals surface area contributed by atoms with E-state index >= 15 is 0 Å². The minimum atomic E-state index is -0.728. The first-order chi connectivity index (χ1) is 10.0. The second kappa shape index (κ2) is 6.45. The number of nitrogens with two attached hydrogens (primary N) is 1. The first-order valence-electron chi connectivity index (χ1n) is 6.28. The van der Waals surface area contributed by atoms with Crippen LogP contribution in [0, 0.1) is 0 Å². The summed E-state index contributed by atoms with van der Waals surface area (Å²) in [6.07, 6.45) is 1.58. The first kappa shape index (κ1) is 15.1. The van der Waals surface area contributed by atoms with Gasteiger partial charge in [0.2, 0.25) is 5.91 Å². The van der Waals surface area contributed by atoms with Crippen molar-refractivity contribution in [1.29, 1.82) is 0 Å². The normalized spacial score (nSPS) is 16.6. The van der Waals surface area contributed by atoms with Crippen LogP contribution in [0.25, 0.3) is 6.08 Å². The standard InChI is InChI=1S/C14H14N2O4S/c1-2-20-10-6-4-3-5-9(10)7-11-13(18)16(8-12(15)17)14(19)21-11/h3-7H,2,8H2,1H3,(H2,15,17)/b11-7-. The van der Waals surface area contributed by atoms with Crippen LogP contribution in [0.3, 0.4) is 0 Å². The Bertz CT molecular complexity index is 627. The van der Waals surface area contributed by atoms with E-state index in [0.717, 1.165) is 16.7 Å². The molecule has 1 aromatic carbocycles. The highest BCUT2D eigenvalue weighted by atomic mass is 32.2. The fourth-order valence-electron chi connectivity index (χ4n) is 1.82. The van der Waals surface area contributed by atoms with Gasteiger partial charge in [0.05, 0.1) is 11.5 Å². The number of para-hydroxylation sites is 1. The molecule has 1 fully saturated rings. The van der Waals surface area contributed by atoms with Crippen LogP contribution in [0.4, 0.5) is 4.79 Å². The molecule has 2 rings (SSSR count). The topological polar surface area (TPSA) is 89.7 Å². The van der Waals surface area contributed by atoms with Gasteiger partial charge in [0.15, 0.2) is 0 Å². The lowest BCUT2D eigenvalue weighted by Crippen LogP contribution is -2.36. The molecule has 110 valence electrons. The van der Waals surface area contributed by atoms with Crippen LogP contribution in [0.2, 0.25) is 0 Å². The Morgan fingerprint density at radius 3 is 2.76 bits per heavy atom. The lowest BCUT2D eigenvalue weighted by molar-refractivity contribution is -0.127. The molecule has 0 radical (unpaired) electrons. The molecule has 1 heterocycles. The number of hydrogen-bond acceptors (Lipinski definition) is 5. The van der Waals surface area contributed by atoms with Gasteiger partial charge < -0.3 is 10.5 Å². The molecule has 0 aromatic heterocycles. The molecule has 21 heavy (non-hydrogen) atoms. The van der Waals surface area contributed by atoms with E-state index in [1.165, 1.54) is 0 Å². The molecule has 1 saturated heterocycles. The number of thioether (sulfide) groups is 1. The van der Waals surface area contributed by atoms with Gasteiger partial charge in [-0.3, -0.25) is 19.3 Å². The zero-order valence-electron chi connectivity index (χ0n) is 11.4. The number of hydrogen-bond donors (Lipinski definition) is 1. The number of ether oxygens (including phenoxy) is 1. The van der Waals surface area contributed by atoms with Crippen molar-refractivity contribution in [2.45, 2.75) is 6.92 Å². The summed E-state index contributed by atoms with van der Waals surface area (Å²) in [5.41, 5.74) is 5.72. The second-order valence-electron chi connectivity index (χ2n) is 4.21. The number of carbonyl (C=O) groups is 3. The van der Waals surface area contributed by atoms with E-state index in [4.69, 9.17) is 10.5 Å². The Morgan fingerprint density at radius 1 is 1.38 bits per heavy atom. The van der Waals surface area contributed by atoms with Crippen molar-refractivity contribution in [2.24, 2.45) is 5.73 Å². The van der Waals surface area contributed by atoms with Crippen LogP contribution in [-0.2, 0) is 9.59 Å². The average molecular weight is 306 g/mol. The molecule has 0 saturated carbocycles. The number of carbonyl (C=O) groups excluding carboxylic acids is 3. The zero-order valence-corrected chi connectivity index (χ0v) is 12.2. The highest BCUT2D eigenvalue weighted by Gasteiger charge is 2.35. The monoisotopic (exact) mass is 306 g/mol. The quantitative estimate of drug-likeness (QED) is 0.835. The summed E-state index contributed by atoms with van der Waals surface area (Å²) in [5.74, 6) is -0.620. The predicted molar refractivity (Wildman–Crippen MR) is 79.5 cm³/mol. The molecule has 0 atom stereocenters. The molecule has 0 unspecified atom stereocenters. The van der Waals surface area contributed by atoms with Crippen LogP contribution >= 0.6 is 11.8 Å². The molecular weight excluding hydrogens is 292 g/mol. The van der Waals surface area contributed by atoms with Crippen molar-refractivity contribution in [3.63, 3.8) is 0 Å². The molecule has 0 bridgehead atoms. The molecule has 1 aliphatic heterocycles. The van der Waals surface area contributed by atoms with Crippen molar-refractivity contribution in [2.75, 3.05) is 13.2 Å². The summed E-state index contributed by atoms with van der Waals surface area (Å²) in [4.78, 5) is 35.8. The molecule has 0 aliphatic carbocycles.